The minimum absolute atomic E-state index is 0.274. The summed E-state index contributed by atoms with van der Waals surface area (Å²) in [7, 11) is 0. The van der Waals surface area contributed by atoms with E-state index in [-0.39, 0.29) is 6.61 Å². The van der Waals surface area contributed by atoms with Gasteiger partial charge in [0.05, 0.1) is 10.2 Å². The van der Waals surface area contributed by atoms with Crippen LogP contribution in [0.4, 0.5) is 0 Å². The molecule has 0 amide bonds. The van der Waals surface area contributed by atoms with Crippen LogP contribution in [0.25, 0.3) is 10.2 Å². The van der Waals surface area contributed by atoms with Crippen molar-refractivity contribution in [1.29, 1.82) is 0 Å². The summed E-state index contributed by atoms with van der Waals surface area (Å²) in [5.41, 5.74) is 2.19. The van der Waals surface area contributed by atoms with E-state index in [1.54, 1.807) is 11.3 Å². The Hall–Kier alpha value is -1.95. The molecule has 0 aliphatic carbocycles. The molecule has 0 unspecified atom stereocenters. The molecule has 5 heteroatoms. The first-order valence-electron chi connectivity index (χ1n) is 8.58. The van der Waals surface area contributed by atoms with Gasteiger partial charge in [-0.1, -0.05) is 44.2 Å². The maximum Gasteiger partial charge on any atom is 0.122 e. The normalized spacial score (nSPS) is 12.6. The van der Waals surface area contributed by atoms with Crippen LogP contribution in [-0.2, 0) is 6.54 Å². The summed E-state index contributed by atoms with van der Waals surface area (Å²) >= 11 is 1.68. The number of ether oxygens (including phenoxy) is 1. The third kappa shape index (κ3) is 4.78. The fraction of sp³-hybridized carbons (Fsp3) is 0.350. The molecule has 0 saturated heterocycles. The molecule has 0 aliphatic heterocycles. The van der Waals surface area contributed by atoms with E-state index in [4.69, 9.17) is 4.74 Å². The van der Waals surface area contributed by atoms with E-state index in [1.165, 1.54) is 4.70 Å². The Morgan fingerprint density at radius 1 is 1.12 bits per heavy atom. The Bertz CT molecular complexity index is 783. The van der Waals surface area contributed by atoms with Crippen LogP contribution in [0.1, 0.15) is 30.3 Å². The predicted molar refractivity (Wildman–Crippen MR) is 103 cm³/mol. The van der Waals surface area contributed by atoms with Crippen molar-refractivity contribution < 1.29 is 9.84 Å². The Labute approximate surface area is 152 Å². The average Bonchev–Trinajstić information content (AvgIpc) is 3.03. The predicted octanol–water partition coefficient (Wildman–Crippen LogP) is 3.95. The average molecular weight is 356 g/mol. The molecule has 0 aliphatic rings. The van der Waals surface area contributed by atoms with Gasteiger partial charge in [-0.25, -0.2) is 4.98 Å². The molecule has 1 aromatic heterocycles. The molecular formula is C20H24N2O2S. The first kappa shape index (κ1) is 17.9. The second kappa shape index (κ2) is 8.43. The summed E-state index contributed by atoms with van der Waals surface area (Å²) in [6, 6.07) is 16.1. The van der Waals surface area contributed by atoms with Crippen molar-refractivity contribution in [3.8, 4) is 5.75 Å². The van der Waals surface area contributed by atoms with Crippen molar-refractivity contribution in [2.45, 2.75) is 32.4 Å². The minimum Gasteiger partial charge on any atom is -0.491 e. The molecule has 2 N–H and O–H groups in total. The lowest BCUT2D eigenvalue weighted by Gasteiger charge is -2.16. The van der Waals surface area contributed by atoms with Crippen molar-refractivity contribution in [1.82, 2.24) is 10.3 Å². The first-order chi connectivity index (χ1) is 12.1. The molecule has 4 nitrogen and oxygen atoms in total. The van der Waals surface area contributed by atoms with Gasteiger partial charge in [0.2, 0.25) is 0 Å². The molecule has 0 bridgehead atoms. The van der Waals surface area contributed by atoms with Crippen LogP contribution < -0.4 is 10.1 Å². The quantitative estimate of drug-likeness (QED) is 0.642. The second-order valence-electron chi connectivity index (χ2n) is 6.36. The molecule has 0 fully saturated rings. The highest BCUT2D eigenvalue weighted by Crippen LogP contribution is 2.26. The minimum atomic E-state index is -0.561. The number of hydrogen-bond donors (Lipinski definition) is 2. The van der Waals surface area contributed by atoms with Crippen molar-refractivity contribution >= 4 is 21.6 Å². The number of nitrogens with zero attached hydrogens (tertiary/aromatic N) is 1. The number of para-hydroxylation sites is 2. The van der Waals surface area contributed by atoms with Gasteiger partial charge in [0.25, 0.3) is 0 Å². The molecule has 2 aromatic carbocycles. The molecule has 25 heavy (non-hydrogen) atoms. The monoisotopic (exact) mass is 356 g/mol. The van der Waals surface area contributed by atoms with Crippen LogP contribution in [0.2, 0.25) is 0 Å². The van der Waals surface area contributed by atoms with Crippen molar-refractivity contribution in [2.75, 3.05) is 13.2 Å². The Balaban J connectivity index is 1.46. The number of aliphatic hydroxyl groups is 1. The molecule has 132 valence electrons. The number of hydrogen-bond acceptors (Lipinski definition) is 5. The Morgan fingerprint density at radius 3 is 2.68 bits per heavy atom. The topological polar surface area (TPSA) is 54.4 Å². The van der Waals surface area contributed by atoms with Crippen molar-refractivity contribution in [3.05, 3.63) is 59.1 Å². The summed E-state index contributed by atoms with van der Waals surface area (Å²) in [6.07, 6.45) is -0.561. The van der Waals surface area contributed by atoms with Crippen molar-refractivity contribution in [3.63, 3.8) is 0 Å². The zero-order valence-electron chi connectivity index (χ0n) is 14.6. The van der Waals surface area contributed by atoms with Gasteiger partial charge in [-0.2, -0.15) is 0 Å². The number of fused-ring (bicyclic) bond motifs is 1. The molecule has 0 saturated carbocycles. The number of aliphatic hydroxyl groups excluding tert-OH is 1. The summed E-state index contributed by atoms with van der Waals surface area (Å²) in [5, 5.41) is 14.4. The standard InChI is InChI=1S/C20H24N2O2S/c1-14(2)16-7-3-5-9-18(16)24-13-15(23)11-21-12-20-22-17-8-4-6-10-19(17)25-20/h3-10,14-15,21,23H,11-13H2,1-2H3/t15-/m1/s1. The van der Waals surface area contributed by atoms with E-state index >= 15 is 0 Å². The van der Waals surface area contributed by atoms with E-state index in [9.17, 15) is 5.11 Å². The maximum atomic E-state index is 10.2. The number of thiazole rings is 1. The maximum absolute atomic E-state index is 10.2. The van der Waals surface area contributed by atoms with Gasteiger partial charge in [-0.3, -0.25) is 0 Å². The van der Waals surface area contributed by atoms with Crippen LogP contribution in [0, 0.1) is 0 Å². The lowest BCUT2D eigenvalue weighted by Crippen LogP contribution is -2.31. The van der Waals surface area contributed by atoms with Gasteiger partial charge in [-0.05, 0) is 29.7 Å². The van der Waals surface area contributed by atoms with Gasteiger partial charge in [0, 0.05) is 13.1 Å². The number of rotatable bonds is 8. The van der Waals surface area contributed by atoms with E-state index in [0.717, 1.165) is 21.8 Å². The van der Waals surface area contributed by atoms with Crippen LogP contribution in [0.15, 0.2) is 48.5 Å². The smallest absolute Gasteiger partial charge is 0.122 e. The van der Waals surface area contributed by atoms with E-state index in [2.05, 4.69) is 36.3 Å². The molecule has 0 radical (unpaired) electrons. The molecule has 0 spiro atoms. The molecule has 1 heterocycles. The van der Waals surface area contributed by atoms with Gasteiger partial charge in [0.1, 0.15) is 23.5 Å². The van der Waals surface area contributed by atoms with Crippen LogP contribution >= 0.6 is 11.3 Å². The molecule has 3 aromatic rings. The van der Waals surface area contributed by atoms with Crippen molar-refractivity contribution in [2.24, 2.45) is 0 Å². The third-order valence-corrected chi connectivity index (χ3v) is 5.00. The van der Waals surface area contributed by atoms with Gasteiger partial charge in [-0.15, -0.1) is 11.3 Å². The van der Waals surface area contributed by atoms with E-state index in [1.807, 2.05) is 36.4 Å². The molecule has 1 atom stereocenters. The SMILES string of the molecule is CC(C)c1ccccc1OC[C@H](O)CNCc1nc2ccccc2s1. The van der Waals surface area contributed by atoms with Crippen LogP contribution in [0.5, 0.6) is 5.75 Å². The second-order valence-corrected chi connectivity index (χ2v) is 7.48. The first-order valence-corrected chi connectivity index (χ1v) is 9.40. The molecule has 3 rings (SSSR count). The lowest BCUT2D eigenvalue weighted by atomic mass is 10.0. The van der Waals surface area contributed by atoms with Crippen LogP contribution in [0.3, 0.4) is 0 Å². The fourth-order valence-electron chi connectivity index (χ4n) is 2.68. The summed E-state index contributed by atoms with van der Waals surface area (Å²) in [6.45, 7) is 5.67. The third-order valence-electron chi connectivity index (χ3n) is 3.97. The van der Waals surface area contributed by atoms with E-state index in [0.29, 0.717) is 19.0 Å². The number of nitrogens with one attached hydrogen (secondary N) is 1. The Kier molecular flexibility index (Phi) is 6.02. The zero-order chi connectivity index (χ0) is 17.6. The highest BCUT2D eigenvalue weighted by atomic mass is 32.1. The highest BCUT2D eigenvalue weighted by Gasteiger charge is 2.10. The molecular weight excluding hydrogens is 332 g/mol. The number of aromatic nitrogens is 1. The van der Waals surface area contributed by atoms with Crippen LogP contribution in [-0.4, -0.2) is 29.3 Å². The Morgan fingerprint density at radius 2 is 1.88 bits per heavy atom. The zero-order valence-corrected chi connectivity index (χ0v) is 15.4. The summed E-state index contributed by atoms with van der Waals surface area (Å²) < 4.78 is 7.00. The van der Waals surface area contributed by atoms with Gasteiger partial charge in [0.15, 0.2) is 0 Å². The van der Waals surface area contributed by atoms with Gasteiger partial charge < -0.3 is 15.2 Å². The van der Waals surface area contributed by atoms with Gasteiger partial charge >= 0.3 is 0 Å². The summed E-state index contributed by atoms with van der Waals surface area (Å²) in [4.78, 5) is 4.58. The number of benzene rings is 2. The largest absolute Gasteiger partial charge is 0.491 e. The summed E-state index contributed by atoms with van der Waals surface area (Å²) in [5.74, 6) is 1.24. The highest BCUT2D eigenvalue weighted by molar-refractivity contribution is 7.18. The fourth-order valence-corrected chi connectivity index (χ4v) is 3.61. The lowest BCUT2D eigenvalue weighted by molar-refractivity contribution is 0.105. The van der Waals surface area contributed by atoms with E-state index < -0.39 is 6.10 Å².